The van der Waals surface area contributed by atoms with Crippen molar-refractivity contribution in [3.05, 3.63) is 41.2 Å². The standard InChI is InChI=1S/C15H16N8O4/c1-25-8-10-12(18-22-23(10)14-13(16)20-27-21-14)15(24)19-17-7-9-5-3-4-6-11(9)26-2/h3-7H,8H2,1-2H3,(H2,16,20)(H,19,24). The number of benzene rings is 1. The summed E-state index contributed by atoms with van der Waals surface area (Å²) in [7, 11) is 3.01. The molecule has 1 aromatic carbocycles. The van der Waals surface area contributed by atoms with Crippen LogP contribution in [0.4, 0.5) is 5.82 Å². The van der Waals surface area contributed by atoms with E-state index in [4.69, 9.17) is 15.2 Å². The molecule has 0 aliphatic heterocycles. The Bertz CT molecular complexity index is 964. The van der Waals surface area contributed by atoms with Gasteiger partial charge in [-0.25, -0.2) is 10.1 Å². The lowest BCUT2D eigenvalue weighted by Crippen LogP contribution is -2.20. The van der Waals surface area contributed by atoms with E-state index in [-0.39, 0.29) is 23.9 Å². The van der Waals surface area contributed by atoms with Crippen LogP contribution in [-0.2, 0) is 11.3 Å². The number of hydrogen-bond donors (Lipinski definition) is 2. The van der Waals surface area contributed by atoms with Crippen molar-refractivity contribution in [2.24, 2.45) is 5.10 Å². The minimum absolute atomic E-state index is 0.00148. The monoisotopic (exact) mass is 372 g/mol. The van der Waals surface area contributed by atoms with E-state index in [9.17, 15) is 4.79 Å². The van der Waals surface area contributed by atoms with Crippen LogP contribution in [0.25, 0.3) is 5.82 Å². The molecule has 2 aromatic heterocycles. The molecule has 3 rings (SSSR count). The van der Waals surface area contributed by atoms with Gasteiger partial charge in [-0.2, -0.15) is 9.78 Å². The van der Waals surface area contributed by atoms with Gasteiger partial charge in [-0.15, -0.1) is 5.10 Å². The largest absolute Gasteiger partial charge is 0.496 e. The molecule has 0 saturated carbocycles. The van der Waals surface area contributed by atoms with E-state index >= 15 is 0 Å². The van der Waals surface area contributed by atoms with Crippen molar-refractivity contribution >= 4 is 17.9 Å². The molecule has 140 valence electrons. The maximum atomic E-state index is 12.4. The van der Waals surface area contributed by atoms with E-state index in [1.54, 1.807) is 19.2 Å². The van der Waals surface area contributed by atoms with Crippen molar-refractivity contribution in [3.63, 3.8) is 0 Å². The molecule has 0 aliphatic carbocycles. The molecule has 3 N–H and O–H groups in total. The molecule has 0 saturated heterocycles. The molecule has 0 spiro atoms. The minimum Gasteiger partial charge on any atom is -0.496 e. The highest BCUT2D eigenvalue weighted by Crippen LogP contribution is 2.17. The van der Waals surface area contributed by atoms with Crippen LogP contribution in [0.3, 0.4) is 0 Å². The molecule has 1 amide bonds. The fraction of sp³-hybridized carbons (Fsp3) is 0.200. The molecular weight excluding hydrogens is 356 g/mol. The van der Waals surface area contributed by atoms with Crippen molar-refractivity contribution in [1.82, 2.24) is 30.7 Å². The summed E-state index contributed by atoms with van der Waals surface area (Å²) in [5.74, 6) is 0.134. The first-order valence-electron chi connectivity index (χ1n) is 7.64. The Balaban J connectivity index is 1.81. The molecule has 0 unspecified atom stereocenters. The molecule has 0 bridgehead atoms. The maximum absolute atomic E-state index is 12.4. The Morgan fingerprint density at radius 1 is 1.37 bits per heavy atom. The van der Waals surface area contributed by atoms with Gasteiger partial charge < -0.3 is 15.2 Å². The summed E-state index contributed by atoms with van der Waals surface area (Å²) in [6.45, 7) is 0.0261. The number of ether oxygens (including phenoxy) is 2. The van der Waals surface area contributed by atoms with Crippen LogP contribution in [-0.4, -0.2) is 51.6 Å². The highest BCUT2D eigenvalue weighted by molar-refractivity contribution is 5.94. The first-order chi connectivity index (χ1) is 13.2. The third kappa shape index (κ3) is 3.74. The number of amides is 1. The summed E-state index contributed by atoms with van der Waals surface area (Å²) in [5, 5.41) is 18.8. The Morgan fingerprint density at radius 3 is 2.89 bits per heavy atom. The topological polar surface area (TPSA) is 156 Å². The zero-order valence-corrected chi connectivity index (χ0v) is 14.5. The number of nitrogens with two attached hydrogens (primary N) is 1. The van der Waals surface area contributed by atoms with Gasteiger partial charge in [-0.1, -0.05) is 17.3 Å². The predicted octanol–water partition coefficient (Wildman–Crippen LogP) is 0.151. The Kier molecular flexibility index (Phi) is 5.37. The van der Waals surface area contributed by atoms with Gasteiger partial charge in [0.2, 0.25) is 11.6 Å². The van der Waals surface area contributed by atoms with Crippen molar-refractivity contribution in [1.29, 1.82) is 0 Å². The Hall–Kier alpha value is -3.80. The van der Waals surface area contributed by atoms with Gasteiger partial charge >= 0.3 is 0 Å². The number of nitrogen functional groups attached to an aromatic ring is 1. The van der Waals surface area contributed by atoms with E-state index in [0.29, 0.717) is 17.0 Å². The average molecular weight is 372 g/mol. The summed E-state index contributed by atoms with van der Waals surface area (Å²) in [5.41, 5.74) is 9.05. The SMILES string of the molecule is COCc1c(C(=O)NN=Cc2ccccc2OC)nnn1-c1nonc1N. The van der Waals surface area contributed by atoms with E-state index in [1.165, 1.54) is 18.0 Å². The molecule has 0 aliphatic rings. The number of methoxy groups -OCH3 is 2. The molecule has 12 heteroatoms. The van der Waals surface area contributed by atoms with Crippen molar-refractivity contribution in [2.45, 2.75) is 6.61 Å². The van der Waals surface area contributed by atoms with Gasteiger partial charge in [0.15, 0.2) is 5.69 Å². The van der Waals surface area contributed by atoms with Crippen LogP contribution in [0.15, 0.2) is 34.0 Å². The summed E-state index contributed by atoms with van der Waals surface area (Å²) in [4.78, 5) is 12.4. The smallest absolute Gasteiger partial charge is 0.293 e. The fourth-order valence-corrected chi connectivity index (χ4v) is 2.24. The van der Waals surface area contributed by atoms with Gasteiger partial charge in [0.25, 0.3) is 5.91 Å². The second-order valence-corrected chi connectivity index (χ2v) is 5.14. The first kappa shape index (κ1) is 18.0. The van der Waals surface area contributed by atoms with Crippen LogP contribution >= 0.6 is 0 Å². The molecule has 0 radical (unpaired) electrons. The number of carbonyl (C=O) groups is 1. The van der Waals surface area contributed by atoms with Gasteiger partial charge in [0.1, 0.15) is 11.4 Å². The van der Waals surface area contributed by atoms with E-state index in [0.717, 1.165) is 0 Å². The van der Waals surface area contributed by atoms with E-state index in [1.807, 2.05) is 12.1 Å². The molecule has 0 fully saturated rings. The van der Waals surface area contributed by atoms with Gasteiger partial charge in [0.05, 0.1) is 19.9 Å². The number of anilines is 1. The second-order valence-electron chi connectivity index (χ2n) is 5.14. The average Bonchev–Trinajstić information content (AvgIpc) is 3.28. The third-order valence-corrected chi connectivity index (χ3v) is 3.46. The van der Waals surface area contributed by atoms with Crippen LogP contribution in [0.5, 0.6) is 5.75 Å². The first-order valence-corrected chi connectivity index (χ1v) is 7.64. The fourth-order valence-electron chi connectivity index (χ4n) is 2.24. The summed E-state index contributed by atoms with van der Waals surface area (Å²) in [6, 6.07) is 7.22. The highest BCUT2D eigenvalue weighted by Gasteiger charge is 2.23. The summed E-state index contributed by atoms with van der Waals surface area (Å²) < 4.78 is 16.1. The molecule has 2 heterocycles. The van der Waals surface area contributed by atoms with Crippen molar-refractivity contribution in [2.75, 3.05) is 20.0 Å². The molecular formula is C15H16N8O4. The second kappa shape index (κ2) is 8.05. The van der Waals surface area contributed by atoms with Gasteiger partial charge in [-0.3, -0.25) is 4.79 Å². The minimum atomic E-state index is -0.588. The zero-order chi connectivity index (χ0) is 19.2. The zero-order valence-electron chi connectivity index (χ0n) is 14.5. The molecule has 27 heavy (non-hydrogen) atoms. The van der Waals surface area contributed by atoms with Crippen LogP contribution in [0, 0.1) is 0 Å². The number of rotatable bonds is 7. The maximum Gasteiger partial charge on any atom is 0.293 e. The Labute approximate surface area is 152 Å². The van der Waals surface area contributed by atoms with Crippen molar-refractivity contribution < 1.29 is 18.9 Å². The normalized spacial score (nSPS) is 11.0. The predicted molar refractivity (Wildman–Crippen MR) is 92.4 cm³/mol. The molecule has 0 atom stereocenters. The van der Waals surface area contributed by atoms with Crippen LogP contribution < -0.4 is 15.9 Å². The lowest BCUT2D eigenvalue weighted by Gasteiger charge is -2.04. The lowest BCUT2D eigenvalue weighted by molar-refractivity contribution is 0.0944. The lowest BCUT2D eigenvalue weighted by atomic mass is 10.2. The van der Waals surface area contributed by atoms with Gasteiger partial charge in [0, 0.05) is 12.7 Å². The number of nitrogens with zero attached hydrogens (tertiary/aromatic N) is 6. The number of hydrazone groups is 1. The number of nitrogens with one attached hydrogen (secondary N) is 1. The summed E-state index contributed by atoms with van der Waals surface area (Å²) in [6.07, 6.45) is 1.46. The number of carbonyl (C=O) groups excluding carboxylic acids is 1. The number of hydrogen-bond acceptors (Lipinski definition) is 10. The highest BCUT2D eigenvalue weighted by atomic mass is 16.6. The Morgan fingerprint density at radius 2 is 2.19 bits per heavy atom. The van der Waals surface area contributed by atoms with Crippen LogP contribution in [0.2, 0.25) is 0 Å². The van der Waals surface area contributed by atoms with Crippen LogP contribution in [0.1, 0.15) is 21.7 Å². The number of para-hydroxylation sites is 1. The molecule has 3 aromatic rings. The molecule has 12 nitrogen and oxygen atoms in total. The number of aromatic nitrogens is 5. The quantitative estimate of drug-likeness (QED) is 0.435. The van der Waals surface area contributed by atoms with Gasteiger partial charge in [-0.05, 0) is 22.4 Å². The summed E-state index contributed by atoms with van der Waals surface area (Å²) >= 11 is 0. The van der Waals surface area contributed by atoms with E-state index in [2.05, 4.69) is 35.8 Å². The third-order valence-electron chi connectivity index (χ3n) is 3.46. The van der Waals surface area contributed by atoms with Crippen molar-refractivity contribution in [3.8, 4) is 11.6 Å². The van der Waals surface area contributed by atoms with E-state index < -0.39 is 5.91 Å².